The van der Waals surface area contributed by atoms with Gasteiger partial charge in [0.05, 0.1) is 11.4 Å². The van der Waals surface area contributed by atoms with Crippen LogP contribution in [0.3, 0.4) is 0 Å². The molecule has 0 atom stereocenters. The van der Waals surface area contributed by atoms with Crippen LogP contribution in [0, 0.1) is 49.4 Å². The summed E-state index contributed by atoms with van der Waals surface area (Å²) in [4.78, 5) is 7.25. The van der Waals surface area contributed by atoms with Crippen LogP contribution in [-0.2, 0) is 17.4 Å². The Labute approximate surface area is 281 Å². The molecule has 47 heavy (non-hydrogen) atoms. The monoisotopic (exact) mass is 628 g/mol. The van der Waals surface area contributed by atoms with E-state index in [1.54, 1.807) is 0 Å². The van der Waals surface area contributed by atoms with Crippen molar-refractivity contribution >= 4 is 17.6 Å². The van der Waals surface area contributed by atoms with E-state index in [1.807, 2.05) is 12.3 Å². The summed E-state index contributed by atoms with van der Waals surface area (Å²) in [7, 11) is 2.11. The van der Waals surface area contributed by atoms with E-state index in [0.29, 0.717) is 18.0 Å². The maximum absolute atomic E-state index is 11.9. The molecule has 8 saturated carbocycles. The molecular weight excluding hydrogens is 576 g/mol. The molecule has 4 heteroatoms. The number of hydrogen-bond donors (Lipinski definition) is 2. The van der Waals surface area contributed by atoms with Crippen LogP contribution in [0.2, 0.25) is 0 Å². The standard InChI is InChI=1S/C43H52N2O2/c1-26-8-34(40(46)36(10-26)42-18-28-12-29(19-42)14-30(13-28)20-42)24-44-38-6-4-5-7-39(38)45(3)25-35-9-27(2)11-37(41(35)47)43-21-31-15-32(22-43)17-33(16-31)23-43/h4-11,24,28-33,46-47H,12-23,25H2,1-3H3/b44-24+. The molecule has 3 aromatic rings. The average molecular weight is 629 g/mol. The fourth-order valence-corrected chi connectivity index (χ4v) is 12.9. The van der Waals surface area contributed by atoms with Crippen molar-refractivity contribution in [2.24, 2.45) is 40.5 Å². The Balaban J connectivity index is 0.998. The lowest BCUT2D eigenvalue weighted by Gasteiger charge is -2.57. The molecule has 8 aliphatic rings. The van der Waals surface area contributed by atoms with Crippen molar-refractivity contribution in [2.75, 3.05) is 11.9 Å². The first-order valence-electron chi connectivity index (χ1n) is 18.7. The molecule has 0 unspecified atom stereocenters. The minimum absolute atomic E-state index is 0.135. The number of aromatic hydroxyl groups is 2. The molecule has 2 N–H and O–H groups in total. The van der Waals surface area contributed by atoms with Crippen molar-refractivity contribution in [1.82, 2.24) is 0 Å². The maximum Gasteiger partial charge on any atom is 0.128 e. The molecule has 0 saturated heterocycles. The van der Waals surface area contributed by atoms with E-state index < -0.39 is 0 Å². The van der Waals surface area contributed by atoms with Crippen molar-refractivity contribution in [3.63, 3.8) is 0 Å². The zero-order chi connectivity index (χ0) is 32.1. The van der Waals surface area contributed by atoms with E-state index in [9.17, 15) is 10.2 Å². The van der Waals surface area contributed by atoms with Crippen LogP contribution in [0.25, 0.3) is 0 Å². The van der Waals surface area contributed by atoms with Gasteiger partial charge in [0, 0.05) is 42.1 Å². The highest BCUT2D eigenvalue weighted by Gasteiger charge is 2.54. The Hall–Kier alpha value is -3.27. The second kappa shape index (κ2) is 10.9. The van der Waals surface area contributed by atoms with Crippen LogP contribution in [0.15, 0.2) is 53.5 Å². The fraction of sp³-hybridized carbons (Fsp3) is 0.558. The summed E-state index contributed by atoms with van der Waals surface area (Å²) < 4.78 is 0. The number of rotatable bonds is 7. The minimum atomic E-state index is 0.135. The number of phenolic OH excluding ortho intramolecular Hbond substituents is 2. The van der Waals surface area contributed by atoms with E-state index in [0.717, 1.165) is 58.0 Å². The zero-order valence-electron chi connectivity index (χ0n) is 28.6. The fourth-order valence-electron chi connectivity index (χ4n) is 12.9. The van der Waals surface area contributed by atoms with E-state index in [4.69, 9.17) is 4.99 Å². The van der Waals surface area contributed by atoms with Gasteiger partial charge >= 0.3 is 0 Å². The molecule has 0 spiro atoms. The first kappa shape index (κ1) is 29.8. The lowest BCUT2D eigenvalue weighted by atomic mass is 9.48. The van der Waals surface area contributed by atoms with Crippen LogP contribution in [-0.4, -0.2) is 23.5 Å². The lowest BCUT2D eigenvalue weighted by Crippen LogP contribution is -2.48. The average Bonchev–Trinajstić information content (AvgIpc) is 3.01. The summed E-state index contributed by atoms with van der Waals surface area (Å²) >= 11 is 0. The van der Waals surface area contributed by atoms with Gasteiger partial charge < -0.3 is 15.1 Å². The smallest absolute Gasteiger partial charge is 0.128 e. The quantitative estimate of drug-likeness (QED) is 0.256. The number of para-hydroxylation sites is 2. The number of anilines is 1. The van der Waals surface area contributed by atoms with Gasteiger partial charge in [-0.05, 0) is 161 Å². The summed E-state index contributed by atoms with van der Waals surface area (Å²) in [5.41, 5.74) is 8.86. The number of aryl methyl sites for hydroxylation is 2. The van der Waals surface area contributed by atoms with Gasteiger partial charge in [0.2, 0.25) is 0 Å². The van der Waals surface area contributed by atoms with Gasteiger partial charge in [-0.15, -0.1) is 0 Å². The van der Waals surface area contributed by atoms with Crippen molar-refractivity contribution in [3.8, 4) is 11.5 Å². The zero-order valence-corrected chi connectivity index (χ0v) is 28.6. The molecule has 3 aromatic carbocycles. The minimum Gasteiger partial charge on any atom is -0.507 e. The molecule has 246 valence electrons. The van der Waals surface area contributed by atoms with Crippen LogP contribution in [0.5, 0.6) is 11.5 Å². The van der Waals surface area contributed by atoms with E-state index >= 15 is 0 Å². The van der Waals surface area contributed by atoms with Gasteiger partial charge in [-0.1, -0.05) is 35.9 Å². The van der Waals surface area contributed by atoms with Crippen molar-refractivity contribution < 1.29 is 10.2 Å². The number of nitrogens with zero attached hydrogens (tertiary/aromatic N) is 2. The molecular formula is C43H52N2O2. The van der Waals surface area contributed by atoms with Gasteiger partial charge in [-0.3, -0.25) is 4.99 Å². The van der Waals surface area contributed by atoms with Crippen LogP contribution >= 0.6 is 0 Å². The number of benzene rings is 3. The van der Waals surface area contributed by atoms with E-state index in [-0.39, 0.29) is 10.8 Å². The SMILES string of the molecule is Cc1cc(/C=N/c2ccccc2N(C)Cc2cc(C)cc(C34CC5CC(CC(C5)C3)C4)c2O)c(O)c(C23CC4CC(CC(C4)C2)C3)c1. The Morgan fingerprint density at radius 3 is 1.68 bits per heavy atom. The van der Waals surface area contributed by atoms with E-state index in [2.05, 4.69) is 68.3 Å². The largest absolute Gasteiger partial charge is 0.507 e. The third kappa shape index (κ3) is 5.03. The van der Waals surface area contributed by atoms with Crippen LogP contribution in [0.1, 0.15) is 110 Å². The van der Waals surface area contributed by atoms with Crippen LogP contribution < -0.4 is 4.90 Å². The Bertz CT molecular complexity index is 1680. The second-order valence-corrected chi connectivity index (χ2v) is 17.6. The summed E-state index contributed by atoms with van der Waals surface area (Å²) in [5, 5.41) is 23.6. The van der Waals surface area contributed by atoms with Crippen molar-refractivity contribution in [3.05, 3.63) is 81.9 Å². The van der Waals surface area contributed by atoms with Crippen molar-refractivity contribution in [1.29, 1.82) is 0 Å². The summed E-state index contributed by atoms with van der Waals surface area (Å²) in [6.45, 7) is 4.97. The molecule has 8 bridgehead atoms. The Morgan fingerprint density at radius 1 is 0.681 bits per heavy atom. The molecule has 0 radical (unpaired) electrons. The third-order valence-corrected chi connectivity index (χ3v) is 13.9. The number of hydrogen-bond acceptors (Lipinski definition) is 4. The first-order valence-corrected chi connectivity index (χ1v) is 18.7. The Kier molecular flexibility index (Phi) is 6.90. The Morgan fingerprint density at radius 2 is 1.15 bits per heavy atom. The molecule has 0 heterocycles. The van der Waals surface area contributed by atoms with Gasteiger partial charge in [-0.25, -0.2) is 0 Å². The molecule has 0 aliphatic heterocycles. The number of aliphatic imine (C=N–C) groups is 1. The van der Waals surface area contributed by atoms with Crippen molar-refractivity contribution in [2.45, 2.75) is 108 Å². The normalized spacial score (nSPS) is 34.9. The predicted octanol–water partition coefficient (Wildman–Crippen LogP) is 10.0. The summed E-state index contributed by atoms with van der Waals surface area (Å²) in [5.74, 6) is 5.98. The molecule has 0 amide bonds. The second-order valence-electron chi connectivity index (χ2n) is 17.6. The highest BCUT2D eigenvalue weighted by atomic mass is 16.3. The predicted molar refractivity (Wildman–Crippen MR) is 191 cm³/mol. The summed E-state index contributed by atoms with van der Waals surface area (Å²) in [6.07, 6.45) is 17.7. The van der Waals surface area contributed by atoms with E-state index in [1.165, 1.54) is 99.3 Å². The van der Waals surface area contributed by atoms with Gasteiger partial charge in [0.15, 0.2) is 0 Å². The number of phenols is 2. The van der Waals surface area contributed by atoms with Gasteiger partial charge in [0.25, 0.3) is 0 Å². The molecule has 8 aliphatic carbocycles. The molecule has 11 rings (SSSR count). The molecule has 8 fully saturated rings. The lowest BCUT2D eigenvalue weighted by molar-refractivity contribution is -0.00633. The molecule has 0 aromatic heterocycles. The van der Waals surface area contributed by atoms with Gasteiger partial charge in [-0.2, -0.15) is 0 Å². The van der Waals surface area contributed by atoms with Crippen LogP contribution in [0.4, 0.5) is 11.4 Å². The third-order valence-electron chi connectivity index (χ3n) is 13.9. The maximum atomic E-state index is 11.9. The highest BCUT2D eigenvalue weighted by molar-refractivity contribution is 5.88. The highest BCUT2D eigenvalue weighted by Crippen LogP contribution is 2.63. The summed E-state index contributed by atoms with van der Waals surface area (Å²) in [6, 6.07) is 17.1. The first-order chi connectivity index (χ1) is 22.6. The topological polar surface area (TPSA) is 56.1 Å². The molecule has 4 nitrogen and oxygen atoms in total. The van der Waals surface area contributed by atoms with Gasteiger partial charge in [0.1, 0.15) is 11.5 Å².